The molecular weight excluding hydrogens is 1570 g/mol. The number of unbranched alkanes of at least 4 members (excludes halogenated alkanes) is 2. The highest BCUT2D eigenvalue weighted by atomic mass is 35.5. The number of rotatable bonds is 24. The van der Waals surface area contributed by atoms with E-state index in [0.717, 1.165) is 75.0 Å². The summed E-state index contributed by atoms with van der Waals surface area (Å²) in [5, 5.41) is 111. The van der Waals surface area contributed by atoms with Crippen LogP contribution in [0.25, 0.3) is 16.1 Å². The highest BCUT2D eigenvalue weighted by Gasteiger charge is 2.34. The Labute approximate surface area is 690 Å². The molecule has 4 aromatic carbocycles. The summed E-state index contributed by atoms with van der Waals surface area (Å²) in [5.41, 5.74) is 10.1. The molecule has 34 nitrogen and oxygen atoms in total. The number of fused-ring (bicyclic) bond motifs is 1. The number of nitrogens with zero attached hydrogens (tertiary/aromatic N) is 22. The van der Waals surface area contributed by atoms with Crippen LogP contribution in [0.1, 0.15) is 143 Å². The van der Waals surface area contributed by atoms with Gasteiger partial charge in [-0.25, -0.2) is 29.6 Å². The molecule has 0 bridgehead atoms. The van der Waals surface area contributed by atoms with Crippen molar-refractivity contribution in [3.05, 3.63) is 223 Å². The molecule has 0 fully saturated rings. The normalized spacial score (nSPS) is 12.0. The number of para-hydroxylation sites is 1. The smallest absolute Gasteiger partial charge is 0.338 e. The Bertz CT molecular complexity index is 6060. The van der Waals surface area contributed by atoms with Crippen molar-refractivity contribution >= 4 is 118 Å². The van der Waals surface area contributed by atoms with Crippen molar-refractivity contribution < 1.29 is 34.2 Å². The van der Waals surface area contributed by atoms with Gasteiger partial charge in [0, 0.05) is 80.6 Å². The quantitative estimate of drug-likeness (QED) is 0.0109. The van der Waals surface area contributed by atoms with Crippen LogP contribution in [0.4, 0.5) is 65.9 Å². The number of allylic oxidation sites excluding steroid dienone is 2. The molecule has 7 heterocycles. The predicted octanol–water partition coefficient (Wildman–Crippen LogP) is 18.3. The van der Waals surface area contributed by atoms with Crippen LogP contribution in [0.3, 0.4) is 0 Å². The van der Waals surface area contributed by atoms with Gasteiger partial charge in [0.05, 0.1) is 38.9 Å². The molecule has 1 unspecified atom stereocenters. The molecule has 0 aliphatic carbocycles. The van der Waals surface area contributed by atoms with Gasteiger partial charge in [-0.15, -0.1) is 42.0 Å². The summed E-state index contributed by atoms with van der Waals surface area (Å²) in [5.74, 6) is 0.490. The number of halogens is 1. The minimum atomic E-state index is -0.600. The first kappa shape index (κ1) is 88.7. The molecule has 1 aliphatic heterocycles. The number of azo groups is 3. The lowest BCUT2D eigenvalue weighted by molar-refractivity contribution is -0.384. The summed E-state index contributed by atoms with van der Waals surface area (Å²) in [6, 6.07) is 38.8. The number of anilines is 3. The molecule has 0 saturated carbocycles. The van der Waals surface area contributed by atoms with E-state index in [1.165, 1.54) is 55.1 Å². The Morgan fingerprint density at radius 1 is 0.737 bits per heavy atom. The van der Waals surface area contributed by atoms with E-state index in [0.29, 0.717) is 83.9 Å². The number of nitrogens with two attached hydrogens (primary N) is 1. The average molecular weight is 1650 g/mol. The van der Waals surface area contributed by atoms with Gasteiger partial charge >= 0.3 is 5.97 Å². The molecule has 118 heavy (non-hydrogen) atoms. The van der Waals surface area contributed by atoms with Crippen molar-refractivity contribution in [3.8, 4) is 59.1 Å². The lowest BCUT2D eigenvalue weighted by atomic mass is 9.98. The van der Waals surface area contributed by atoms with Gasteiger partial charge in [-0.2, -0.15) is 36.1 Å². The Balaban J connectivity index is 0.000000198. The van der Waals surface area contributed by atoms with Gasteiger partial charge in [-0.1, -0.05) is 118 Å². The number of non-ortho nitro benzene ring substituents is 1. The first-order valence-electron chi connectivity index (χ1n) is 36.2. The highest BCUT2D eigenvalue weighted by Crippen LogP contribution is 2.44. The number of ether oxygens (including phenoxy) is 2. The standard InChI is InChI=1S/C26H29N7OS.C23H20N4O5.C17H16ClN5O4.C15H12N8S/c1-6-8-12-17(7-2)22-30-23-20(16(3)19(15-27)25(34)33(23)31-22)28-24-21(18-13-10-9-11-14-18)29-26(35-24)32(4)5;1-15-19(14-24)21(28)27(2)22(29)20(15)26-25-17-8-6-7-16(13-17)23(30)32-12-11-31-18-9-4-3-5-10-18;1-3-4-7-22-16(24)12(9-19)10(2)15(17(22)25)21-20-14-6-5-11(23(26)27)8-13(14)18;1-7-9(5-16)13(19-3)21-12(18)11(7)22-23-15-10(6-17)8(2)14(20-4)24-15/h9-11,13-14,17H,6-8,12H2,1-5H3;3-10,13,28H,11-12H2,1-2H3;5-6,8,24H,3-4,7H2,1-2H3;1-3H3,(H3,18,19,21). The van der Waals surface area contributed by atoms with E-state index < -0.39 is 39.7 Å². The van der Waals surface area contributed by atoms with Crippen LogP contribution < -0.4 is 31.8 Å². The number of nitro groups is 1. The number of thiazole rings is 1. The van der Waals surface area contributed by atoms with Crippen LogP contribution in [0, 0.1) is 101 Å². The van der Waals surface area contributed by atoms with E-state index in [2.05, 4.69) is 76.9 Å². The van der Waals surface area contributed by atoms with Crippen LogP contribution in [0.5, 0.6) is 17.5 Å². The molecule has 1 aliphatic rings. The summed E-state index contributed by atoms with van der Waals surface area (Å²) in [6.45, 7) is 21.9. The summed E-state index contributed by atoms with van der Waals surface area (Å²) in [6.07, 6.45) is 5.39. The zero-order valence-corrected chi connectivity index (χ0v) is 68.4. The molecule has 0 radical (unpaired) electrons. The molecule has 0 spiro atoms. The summed E-state index contributed by atoms with van der Waals surface area (Å²) in [7, 11) is 6.84. The van der Waals surface area contributed by atoms with Crippen LogP contribution in [-0.4, -0.2) is 101 Å². The fraction of sp³-hybridized carbons (Fsp3) is 0.272. The Morgan fingerprint density at radius 3 is 1.97 bits per heavy atom. The van der Waals surface area contributed by atoms with Gasteiger partial charge in [-0.05, 0) is 95.8 Å². The average Bonchev–Trinajstić information content (AvgIpc) is 1.51. The molecule has 11 rings (SSSR count). The molecule has 37 heteroatoms. The molecule has 1 atom stereocenters. The molecule has 0 amide bonds. The zero-order valence-electron chi connectivity index (χ0n) is 66.0. The van der Waals surface area contributed by atoms with Crippen molar-refractivity contribution in [2.24, 2.45) is 42.7 Å². The summed E-state index contributed by atoms with van der Waals surface area (Å²) in [4.78, 5) is 84.5. The third-order valence-electron chi connectivity index (χ3n) is 17.9. The van der Waals surface area contributed by atoms with Gasteiger partial charge in [-0.3, -0.25) is 33.6 Å². The third-order valence-corrected chi connectivity index (χ3v) is 20.4. The van der Waals surface area contributed by atoms with E-state index in [1.807, 2.05) is 92.7 Å². The van der Waals surface area contributed by atoms with E-state index in [9.17, 15) is 65.8 Å². The third kappa shape index (κ3) is 20.6. The Kier molecular flexibility index (Phi) is 31.0. The number of hydrogen-bond acceptors (Lipinski definition) is 31. The maximum absolute atomic E-state index is 13.1. The highest BCUT2D eigenvalue weighted by molar-refractivity contribution is 7.20. The van der Waals surface area contributed by atoms with Gasteiger partial charge in [0.25, 0.3) is 22.7 Å². The van der Waals surface area contributed by atoms with E-state index in [4.69, 9.17) is 48.3 Å². The number of nitriles is 5. The number of nitrogen functional groups attached to an aromatic ring is 1. The lowest BCUT2D eigenvalue weighted by Gasteiger charge is -2.14. The molecular formula is C81H77ClN24O10S2. The predicted molar refractivity (Wildman–Crippen MR) is 446 cm³/mol. The summed E-state index contributed by atoms with van der Waals surface area (Å²) < 4.78 is 14.0. The molecule has 0 saturated heterocycles. The number of esters is 1. The number of aromatic nitrogens is 7. The SMILES string of the molecule is CCCCC(CC)c1nc2n(n1)C(=O)C(C#N)=C(C)C2=Nc1sc(N(C)C)nc1-c1ccccc1.CCCCn1c(O)c(C#N)c(C)c(N=Nc2ccc([N+](=O)[O-])cc2Cl)c1=O.Cc1c(C#N)c(O)n(C)c(=O)c1N=Nc1cccc(C(=O)OCCOc2ccccc2)c1.[C-]#[N+]c1sc(N=Nc2c(N)nc(NC)c(C#N)c2C)c(C#N)c1C. The Morgan fingerprint density at radius 2 is 1.36 bits per heavy atom. The van der Waals surface area contributed by atoms with E-state index in [1.54, 1.807) is 58.2 Å². The van der Waals surface area contributed by atoms with Gasteiger partial charge in [0.1, 0.15) is 105 Å². The number of benzene rings is 4. The number of thiophene rings is 1. The van der Waals surface area contributed by atoms with Crippen LogP contribution in [0.2, 0.25) is 5.02 Å². The van der Waals surface area contributed by atoms with Gasteiger partial charge in [0.15, 0.2) is 34.0 Å². The first-order chi connectivity index (χ1) is 56.6. The fourth-order valence-electron chi connectivity index (χ4n) is 11.3. The number of carbonyl (C=O) groups excluding carboxylic acids is 2. The molecule has 5 N–H and O–H groups in total. The van der Waals surface area contributed by atoms with Crippen LogP contribution in [0.15, 0.2) is 160 Å². The number of hydrogen-bond donors (Lipinski definition) is 4. The second-order valence-electron chi connectivity index (χ2n) is 25.8. The minimum Gasteiger partial charge on any atom is -0.493 e. The number of aliphatic imine (C=N–C) groups is 1. The van der Waals surface area contributed by atoms with Crippen LogP contribution in [-0.2, 0) is 18.3 Å². The van der Waals surface area contributed by atoms with E-state index >= 15 is 0 Å². The van der Waals surface area contributed by atoms with Crippen LogP contribution >= 0.6 is 34.3 Å². The number of nitro benzene ring substituents is 1. The molecule has 600 valence electrons. The zero-order chi connectivity index (χ0) is 86.2. The van der Waals surface area contributed by atoms with Gasteiger partial charge in [0.2, 0.25) is 16.8 Å². The lowest BCUT2D eigenvalue weighted by Crippen LogP contribution is -2.28. The summed E-state index contributed by atoms with van der Waals surface area (Å²) >= 11 is 8.50. The van der Waals surface area contributed by atoms with Crippen molar-refractivity contribution in [3.63, 3.8) is 0 Å². The number of nitrogens with one attached hydrogen (secondary N) is 1. The van der Waals surface area contributed by atoms with E-state index in [-0.39, 0.29) is 98.3 Å². The van der Waals surface area contributed by atoms with Crippen molar-refractivity contribution in [1.82, 2.24) is 33.9 Å². The number of carbonyl (C=O) groups is 2. The second-order valence-corrected chi connectivity index (χ2v) is 28.2. The monoisotopic (exact) mass is 1640 g/mol. The minimum absolute atomic E-state index is 0.00352. The van der Waals surface area contributed by atoms with Crippen molar-refractivity contribution in [2.75, 3.05) is 50.3 Å². The largest absolute Gasteiger partial charge is 0.493 e. The maximum Gasteiger partial charge on any atom is 0.338 e. The topological polar surface area (TPSA) is 488 Å². The van der Waals surface area contributed by atoms with Crippen molar-refractivity contribution in [2.45, 2.75) is 106 Å². The molecule has 6 aromatic heterocycles. The second kappa shape index (κ2) is 41.3. The first-order valence-corrected chi connectivity index (χ1v) is 38.2. The number of aromatic hydroxyl groups is 2. The fourth-order valence-corrected chi connectivity index (χ4v) is 13.2. The Hall–Kier alpha value is -14.8. The van der Waals surface area contributed by atoms with Crippen molar-refractivity contribution in [1.29, 1.82) is 26.3 Å². The number of pyridine rings is 3. The molecule has 10 aromatic rings. The maximum atomic E-state index is 13.1. The van der Waals surface area contributed by atoms with Gasteiger partial charge < -0.3 is 35.6 Å².